The highest BCUT2D eigenvalue weighted by Gasteiger charge is 2.17. The zero-order valence-electron chi connectivity index (χ0n) is 10.7. The standard InChI is InChI=1S/C12H18N4O2S/c13-7-10-15-9(8-19-10)12(18)14-4-3-11(17)16-5-1-2-6-16/h8H,1-7,13H2,(H,14,18). The van der Waals surface area contributed by atoms with E-state index in [2.05, 4.69) is 10.3 Å². The quantitative estimate of drug-likeness (QED) is 0.815. The predicted octanol–water partition coefficient (Wildman–Crippen LogP) is 0.344. The largest absolute Gasteiger partial charge is 0.350 e. The third-order valence-corrected chi connectivity index (χ3v) is 3.91. The molecule has 1 aromatic heterocycles. The highest BCUT2D eigenvalue weighted by molar-refractivity contribution is 7.09. The first-order chi connectivity index (χ1) is 9.20. The minimum atomic E-state index is -0.245. The first-order valence-electron chi connectivity index (χ1n) is 6.41. The van der Waals surface area contributed by atoms with Gasteiger partial charge in [0, 0.05) is 38.0 Å². The fourth-order valence-electron chi connectivity index (χ4n) is 2.01. The van der Waals surface area contributed by atoms with E-state index in [1.165, 1.54) is 11.3 Å². The van der Waals surface area contributed by atoms with Crippen molar-refractivity contribution in [1.29, 1.82) is 0 Å². The van der Waals surface area contributed by atoms with Gasteiger partial charge in [-0.05, 0) is 12.8 Å². The van der Waals surface area contributed by atoms with Crippen molar-refractivity contribution in [1.82, 2.24) is 15.2 Å². The van der Waals surface area contributed by atoms with E-state index in [0.29, 0.717) is 25.2 Å². The number of likely N-dealkylation sites (tertiary alicyclic amines) is 1. The Morgan fingerprint density at radius 2 is 2.16 bits per heavy atom. The second-order valence-electron chi connectivity index (χ2n) is 4.42. The van der Waals surface area contributed by atoms with Gasteiger partial charge in [-0.15, -0.1) is 11.3 Å². The normalized spacial score (nSPS) is 14.7. The molecule has 1 aliphatic heterocycles. The number of amides is 2. The Morgan fingerprint density at radius 3 is 2.79 bits per heavy atom. The van der Waals surface area contributed by atoms with Crippen LogP contribution in [0.15, 0.2) is 5.38 Å². The average molecular weight is 282 g/mol. The molecular weight excluding hydrogens is 264 g/mol. The van der Waals surface area contributed by atoms with Crippen LogP contribution < -0.4 is 11.1 Å². The average Bonchev–Trinajstić information content (AvgIpc) is 3.09. The molecule has 19 heavy (non-hydrogen) atoms. The molecule has 0 aliphatic carbocycles. The maximum absolute atomic E-state index is 11.8. The lowest BCUT2D eigenvalue weighted by Gasteiger charge is -2.14. The zero-order valence-corrected chi connectivity index (χ0v) is 11.5. The Kier molecular flexibility index (Phi) is 4.86. The highest BCUT2D eigenvalue weighted by atomic mass is 32.1. The number of aromatic nitrogens is 1. The molecule has 2 amide bonds. The van der Waals surface area contributed by atoms with Gasteiger partial charge in [0.15, 0.2) is 0 Å². The molecular formula is C12H18N4O2S. The number of rotatable bonds is 5. The van der Waals surface area contributed by atoms with Crippen LogP contribution in [0.1, 0.15) is 34.8 Å². The second-order valence-corrected chi connectivity index (χ2v) is 5.37. The smallest absolute Gasteiger partial charge is 0.270 e. The van der Waals surface area contributed by atoms with Crippen LogP contribution in [-0.2, 0) is 11.3 Å². The third kappa shape index (κ3) is 3.74. The van der Waals surface area contributed by atoms with Crippen molar-refractivity contribution in [2.75, 3.05) is 19.6 Å². The van der Waals surface area contributed by atoms with Crippen molar-refractivity contribution in [2.24, 2.45) is 5.73 Å². The number of nitrogens with one attached hydrogen (secondary N) is 1. The highest BCUT2D eigenvalue weighted by Crippen LogP contribution is 2.09. The molecule has 1 saturated heterocycles. The molecule has 0 aromatic carbocycles. The van der Waals surface area contributed by atoms with Gasteiger partial charge in [0.2, 0.25) is 5.91 Å². The Balaban J connectivity index is 1.72. The van der Waals surface area contributed by atoms with Gasteiger partial charge in [0.25, 0.3) is 5.91 Å². The maximum Gasteiger partial charge on any atom is 0.270 e. The maximum atomic E-state index is 11.8. The van der Waals surface area contributed by atoms with Crippen molar-refractivity contribution < 1.29 is 9.59 Å². The summed E-state index contributed by atoms with van der Waals surface area (Å²) in [6, 6.07) is 0. The first-order valence-corrected chi connectivity index (χ1v) is 7.29. The van der Waals surface area contributed by atoms with Crippen molar-refractivity contribution in [3.8, 4) is 0 Å². The second kappa shape index (κ2) is 6.63. The Morgan fingerprint density at radius 1 is 1.42 bits per heavy atom. The van der Waals surface area contributed by atoms with Gasteiger partial charge in [0.1, 0.15) is 10.7 Å². The van der Waals surface area contributed by atoms with Gasteiger partial charge >= 0.3 is 0 Å². The summed E-state index contributed by atoms with van der Waals surface area (Å²) in [5.74, 6) is -0.135. The van der Waals surface area contributed by atoms with E-state index in [1.807, 2.05) is 4.90 Å². The molecule has 0 saturated carbocycles. The molecule has 1 aromatic rings. The van der Waals surface area contributed by atoms with Gasteiger partial charge in [-0.25, -0.2) is 4.98 Å². The van der Waals surface area contributed by atoms with E-state index in [0.717, 1.165) is 30.9 Å². The molecule has 1 fully saturated rings. The topological polar surface area (TPSA) is 88.3 Å². The van der Waals surface area contributed by atoms with Crippen molar-refractivity contribution >= 4 is 23.2 Å². The monoisotopic (exact) mass is 282 g/mol. The lowest BCUT2D eigenvalue weighted by Crippen LogP contribution is -2.32. The summed E-state index contributed by atoms with van der Waals surface area (Å²) in [5, 5.41) is 5.12. The SMILES string of the molecule is NCc1nc(C(=O)NCCC(=O)N2CCCC2)cs1. The van der Waals surface area contributed by atoms with Crippen LogP contribution >= 0.6 is 11.3 Å². The molecule has 7 heteroatoms. The summed E-state index contributed by atoms with van der Waals surface area (Å²) in [7, 11) is 0. The fraction of sp³-hybridized carbons (Fsp3) is 0.583. The van der Waals surface area contributed by atoms with Crippen LogP contribution in [0.5, 0.6) is 0 Å². The van der Waals surface area contributed by atoms with Crippen LogP contribution in [-0.4, -0.2) is 41.3 Å². The molecule has 6 nitrogen and oxygen atoms in total. The van der Waals surface area contributed by atoms with E-state index in [-0.39, 0.29) is 11.8 Å². The number of carbonyl (C=O) groups excluding carboxylic acids is 2. The number of nitrogens with two attached hydrogens (primary N) is 1. The van der Waals surface area contributed by atoms with Crippen molar-refractivity contribution in [3.05, 3.63) is 16.1 Å². The number of carbonyl (C=O) groups is 2. The summed E-state index contributed by atoms with van der Waals surface area (Å²) < 4.78 is 0. The van der Waals surface area contributed by atoms with Crippen LogP contribution in [0.4, 0.5) is 0 Å². The van der Waals surface area contributed by atoms with Gasteiger partial charge in [-0.1, -0.05) is 0 Å². The van der Waals surface area contributed by atoms with Crippen molar-refractivity contribution in [3.63, 3.8) is 0 Å². The van der Waals surface area contributed by atoms with Crippen LogP contribution in [0.25, 0.3) is 0 Å². The number of thiazole rings is 1. The Bertz CT molecular complexity index is 454. The molecule has 2 heterocycles. The van der Waals surface area contributed by atoms with E-state index in [9.17, 15) is 9.59 Å². The molecule has 104 valence electrons. The number of nitrogens with zero attached hydrogens (tertiary/aromatic N) is 2. The van der Waals surface area contributed by atoms with Crippen LogP contribution in [0, 0.1) is 0 Å². The van der Waals surface area contributed by atoms with Gasteiger partial charge in [-0.2, -0.15) is 0 Å². The zero-order chi connectivity index (χ0) is 13.7. The summed E-state index contributed by atoms with van der Waals surface area (Å²) in [5.41, 5.74) is 5.81. The van der Waals surface area contributed by atoms with Crippen molar-refractivity contribution in [2.45, 2.75) is 25.8 Å². The molecule has 0 bridgehead atoms. The molecule has 0 radical (unpaired) electrons. The van der Waals surface area contributed by atoms with Gasteiger partial charge in [0.05, 0.1) is 0 Å². The fourth-order valence-corrected chi connectivity index (χ4v) is 2.66. The van der Waals surface area contributed by atoms with E-state index in [1.54, 1.807) is 5.38 Å². The van der Waals surface area contributed by atoms with Crippen LogP contribution in [0.2, 0.25) is 0 Å². The van der Waals surface area contributed by atoms with Gasteiger partial charge in [-0.3, -0.25) is 9.59 Å². The van der Waals surface area contributed by atoms with E-state index < -0.39 is 0 Å². The number of hydrogen-bond acceptors (Lipinski definition) is 5. The minimum absolute atomic E-state index is 0.110. The summed E-state index contributed by atoms with van der Waals surface area (Å²) in [4.78, 5) is 29.4. The lowest BCUT2D eigenvalue weighted by molar-refractivity contribution is -0.129. The van der Waals surface area contributed by atoms with Crippen LogP contribution in [0.3, 0.4) is 0 Å². The molecule has 0 atom stereocenters. The molecule has 2 rings (SSSR count). The lowest BCUT2D eigenvalue weighted by atomic mass is 10.3. The molecule has 0 unspecified atom stereocenters. The Hall–Kier alpha value is -1.47. The summed E-state index contributed by atoms with van der Waals surface area (Å²) in [6.07, 6.45) is 2.51. The third-order valence-electron chi connectivity index (χ3n) is 3.04. The summed E-state index contributed by atoms with van der Waals surface area (Å²) >= 11 is 1.37. The Labute approximate surface area is 116 Å². The summed E-state index contributed by atoms with van der Waals surface area (Å²) in [6.45, 7) is 2.38. The van der Waals surface area contributed by atoms with E-state index in [4.69, 9.17) is 5.73 Å². The van der Waals surface area contributed by atoms with E-state index >= 15 is 0 Å². The molecule has 1 aliphatic rings. The van der Waals surface area contributed by atoms with Gasteiger partial charge < -0.3 is 16.0 Å². The number of hydrogen-bond donors (Lipinski definition) is 2. The molecule has 3 N–H and O–H groups in total. The predicted molar refractivity (Wildman–Crippen MR) is 72.8 cm³/mol. The molecule has 0 spiro atoms. The first kappa shape index (κ1) is 14.0. The minimum Gasteiger partial charge on any atom is -0.350 e.